The van der Waals surface area contributed by atoms with Crippen molar-refractivity contribution in [3.05, 3.63) is 89.0 Å². The van der Waals surface area contributed by atoms with Gasteiger partial charge in [-0.25, -0.2) is 4.39 Å². The third kappa shape index (κ3) is 4.41. The summed E-state index contributed by atoms with van der Waals surface area (Å²) in [6, 6.07) is 13.8. The number of hydrogen-bond acceptors (Lipinski definition) is 5. The van der Waals surface area contributed by atoms with Gasteiger partial charge in [0.2, 0.25) is 0 Å². The number of aryl methyl sites for hydroxylation is 3. The first kappa shape index (κ1) is 20.9. The molecule has 2 heterocycles. The van der Waals surface area contributed by atoms with Crippen LogP contribution < -0.4 is 0 Å². The molecule has 0 aliphatic heterocycles. The van der Waals surface area contributed by atoms with E-state index < -0.39 is 0 Å². The van der Waals surface area contributed by atoms with Gasteiger partial charge in [0, 0.05) is 29.2 Å². The van der Waals surface area contributed by atoms with E-state index in [0.717, 1.165) is 27.9 Å². The summed E-state index contributed by atoms with van der Waals surface area (Å²) in [5, 5.41) is 9.22. The second-order valence-electron chi connectivity index (χ2n) is 7.32. The number of aromatic nitrogens is 4. The van der Waals surface area contributed by atoms with Crippen molar-refractivity contribution < 1.29 is 9.18 Å². The topological polar surface area (TPSA) is 60.7 Å². The number of nitrogens with zero attached hydrogens (tertiary/aromatic N) is 4. The van der Waals surface area contributed by atoms with Gasteiger partial charge in [-0.15, -0.1) is 10.2 Å². The monoisotopic (exact) mass is 432 g/mol. The first-order chi connectivity index (χ1) is 14.9. The average Bonchev–Trinajstić information content (AvgIpc) is 3.19. The summed E-state index contributed by atoms with van der Waals surface area (Å²) in [5.74, 6) is 0.534. The van der Waals surface area contributed by atoms with Crippen molar-refractivity contribution in [1.82, 2.24) is 19.7 Å². The molecule has 31 heavy (non-hydrogen) atoms. The number of halogens is 1. The van der Waals surface area contributed by atoms with Crippen LogP contribution in [0.25, 0.3) is 17.1 Å². The third-order valence-corrected chi connectivity index (χ3v) is 6.06. The Labute approximate surface area is 184 Å². The first-order valence-corrected chi connectivity index (χ1v) is 10.8. The molecular weight excluding hydrogens is 411 g/mol. The fraction of sp³-hybridized carbons (Fsp3) is 0.167. The van der Waals surface area contributed by atoms with Crippen LogP contribution in [0.15, 0.2) is 66.1 Å². The second-order valence-corrected chi connectivity index (χ2v) is 8.26. The van der Waals surface area contributed by atoms with Gasteiger partial charge in [0.05, 0.1) is 5.75 Å². The summed E-state index contributed by atoms with van der Waals surface area (Å²) < 4.78 is 15.3. The van der Waals surface area contributed by atoms with Crippen molar-refractivity contribution in [3.63, 3.8) is 0 Å². The Bertz CT molecular complexity index is 1240. The maximum absolute atomic E-state index is 13.5. The molecule has 0 saturated heterocycles. The molecule has 2 aromatic carbocycles. The SMILES string of the molecule is Cc1cc(C)c(C(=O)CSc2nnc(-c3ccncc3)n2-c2ccc(F)cc2)cc1C. The van der Waals surface area contributed by atoms with E-state index in [2.05, 4.69) is 15.2 Å². The van der Waals surface area contributed by atoms with Gasteiger partial charge in [-0.3, -0.25) is 14.3 Å². The number of benzene rings is 2. The zero-order chi connectivity index (χ0) is 22.0. The molecule has 4 rings (SSSR count). The lowest BCUT2D eigenvalue weighted by Gasteiger charge is -2.11. The predicted molar refractivity (Wildman–Crippen MR) is 120 cm³/mol. The van der Waals surface area contributed by atoms with Crippen molar-refractivity contribution in [2.24, 2.45) is 0 Å². The van der Waals surface area contributed by atoms with Gasteiger partial charge < -0.3 is 0 Å². The highest BCUT2D eigenvalue weighted by atomic mass is 32.2. The molecule has 7 heteroatoms. The molecule has 0 spiro atoms. The highest BCUT2D eigenvalue weighted by molar-refractivity contribution is 7.99. The molecule has 0 N–H and O–H groups in total. The van der Waals surface area contributed by atoms with Crippen molar-refractivity contribution in [1.29, 1.82) is 0 Å². The van der Waals surface area contributed by atoms with Crippen molar-refractivity contribution in [3.8, 4) is 17.1 Å². The van der Waals surface area contributed by atoms with E-state index >= 15 is 0 Å². The number of thioether (sulfide) groups is 1. The van der Waals surface area contributed by atoms with Crippen LogP contribution in [0.5, 0.6) is 0 Å². The first-order valence-electron chi connectivity index (χ1n) is 9.79. The Morgan fingerprint density at radius 3 is 2.32 bits per heavy atom. The van der Waals surface area contributed by atoms with Crippen molar-refractivity contribution in [2.45, 2.75) is 25.9 Å². The molecule has 0 aliphatic rings. The number of carbonyl (C=O) groups excluding carboxylic acids is 1. The Balaban J connectivity index is 1.67. The number of ketones is 1. The summed E-state index contributed by atoms with van der Waals surface area (Å²) in [5.41, 5.74) is 5.49. The number of rotatable bonds is 6. The zero-order valence-corrected chi connectivity index (χ0v) is 18.3. The molecule has 156 valence electrons. The van der Waals surface area contributed by atoms with Crippen LogP contribution >= 0.6 is 11.8 Å². The van der Waals surface area contributed by atoms with Crippen LogP contribution in [0.3, 0.4) is 0 Å². The Hall–Kier alpha value is -3.32. The summed E-state index contributed by atoms with van der Waals surface area (Å²) in [6.45, 7) is 5.99. The van der Waals surface area contributed by atoms with Crippen LogP contribution in [0.1, 0.15) is 27.0 Å². The smallest absolute Gasteiger partial charge is 0.196 e. The molecule has 0 saturated carbocycles. The van der Waals surface area contributed by atoms with Gasteiger partial charge >= 0.3 is 0 Å². The van der Waals surface area contributed by atoms with E-state index in [4.69, 9.17) is 0 Å². The number of pyridine rings is 1. The van der Waals surface area contributed by atoms with Crippen molar-refractivity contribution in [2.75, 3.05) is 5.75 Å². The van der Waals surface area contributed by atoms with Gasteiger partial charge in [0.1, 0.15) is 5.82 Å². The molecule has 0 fully saturated rings. The molecule has 0 atom stereocenters. The molecule has 0 aliphatic carbocycles. The third-order valence-electron chi connectivity index (χ3n) is 5.13. The fourth-order valence-corrected chi connectivity index (χ4v) is 4.18. The zero-order valence-electron chi connectivity index (χ0n) is 17.5. The standard InChI is InChI=1S/C24H21FN4OS/c1-15-12-17(3)21(13-16(15)2)22(30)14-31-24-28-27-23(18-8-10-26-11-9-18)29(24)20-6-4-19(25)5-7-20/h4-13H,14H2,1-3H3. The minimum atomic E-state index is -0.322. The summed E-state index contributed by atoms with van der Waals surface area (Å²) in [4.78, 5) is 17.0. The normalized spacial score (nSPS) is 11.0. The Morgan fingerprint density at radius 1 is 0.935 bits per heavy atom. The van der Waals surface area contributed by atoms with E-state index in [9.17, 15) is 9.18 Å². The highest BCUT2D eigenvalue weighted by Crippen LogP contribution is 2.28. The Morgan fingerprint density at radius 2 is 1.61 bits per heavy atom. The minimum absolute atomic E-state index is 0.0321. The molecule has 0 amide bonds. The molecule has 0 unspecified atom stereocenters. The summed E-state index contributed by atoms with van der Waals surface area (Å²) >= 11 is 1.31. The molecule has 0 radical (unpaired) electrons. The summed E-state index contributed by atoms with van der Waals surface area (Å²) in [7, 11) is 0. The minimum Gasteiger partial charge on any atom is -0.293 e. The van der Waals surface area contributed by atoms with Crippen LogP contribution in [0, 0.1) is 26.6 Å². The molecule has 5 nitrogen and oxygen atoms in total. The Kier molecular flexibility index (Phi) is 5.95. The molecular formula is C24H21FN4OS. The molecule has 4 aromatic rings. The highest BCUT2D eigenvalue weighted by Gasteiger charge is 2.19. The second kappa shape index (κ2) is 8.81. The lowest BCUT2D eigenvalue weighted by atomic mass is 9.99. The average molecular weight is 433 g/mol. The predicted octanol–water partition coefficient (Wildman–Crippen LogP) is 5.37. The summed E-state index contributed by atoms with van der Waals surface area (Å²) in [6.07, 6.45) is 3.36. The van der Waals surface area contributed by atoms with E-state index in [1.54, 1.807) is 24.5 Å². The lowest BCUT2D eigenvalue weighted by Crippen LogP contribution is -2.07. The van der Waals surface area contributed by atoms with Crippen LogP contribution in [-0.4, -0.2) is 31.3 Å². The van der Waals surface area contributed by atoms with Gasteiger partial charge in [0.25, 0.3) is 0 Å². The van der Waals surface area contributed by atoms with Crippen LogP contribution in [0.2, 0.25) is 0 Å². The number of Topliss-reactive ketones (excluding diaryl/α,β-unsaturated/α-hetero) is 1. The van der Waals surface area contributed by atoms with Gasteiger partial charge in [-0.05, 0) is 79.9 Å². The van der Waals surface area contributed by atoms with Gasteiger partial charge in [-0.2, -0.15) is 0 Å². The molecule has 2 aromatic heterocycles. The van der Waals surface area contributed by atoms with Crippen LogP contribution in [-0.2, 0) is 0 Å². The fourth-order valence-electron chi connectivity index (χ4n) is 3.34. The number of carbonyl (C=O) groups is 1. The number of hydrogen-bond donors (Lipinski definition) is 0. The maximum Gasteiger partial charge on any atom is 0.196 e. The van der Waals surface area contributed by atoms with E-state index in [0.29, 0.717) is 11.0 Å². The van der Waals surface area contributed by atoms with Gasteiger partial charge in [0.15, 0.2) is 16.8 Å². The maximum atomic E-state index is 13.5. The van der Waals surface area contributed by atoms with Crippen molar-refractivity contribution >= 4 is 17.5 Å². The quantitative estimate of drug-likeness (QED) is 0.303. The molecule has 0 bridgehead atoms. The van der Waals surface area contributed by atoms with E-state index in [-0.39, 0.29) is 17.4 Å². The van der Waals surface area contributed by atoms with E-state index in [1.165, 1.54) is 29.5 Å². The van der Waals surface area contributed by atoms with Crippen LogP contribution in [0.4, 0.5) is 4.39 Å². The lowest BCUT2D eigenvalue weighted by molar-refractivity contribution is 0.102. The largest absolute Gasteiger partial charge is 0.293 e. The van der Waals surface area contributed by atoms with Gasteiger partial charge in [-0.1, -0.05) is 17.8 Å². The van der Waals surface area contributed by atoms with E-state index in [1.807, 2.05) is 49.6 Å².